The summed E-state index contributed by atoms with van der Waals surface area (Å²) < 4.78 is 6.01. The third-order valence-corrected chi connectivity index (χ3v) is 7.44. The van der Waals surface area contributed by atoms with Crippen molar-refractivity contribution >= 4 is 5.91 Å². The monoisotopic (exact) mass is 457 g/mol. The average Bonchev–Trinajstić information content (AvgIpc) is 3.24. The minimum absolute atomic E-state index is 0.0242. The van der Waals surface area contributed by atoms with E-state index in [1.807, 2.05) is 6.92 Å². The molecule has 178 valence electrons. The van der Waals surface area contributed by atoms with Gasteiger partial charge < -0.3 is 9.73 Å². The van der Waals surface area contributed by atoms with Gasteiger partial charge in [-0.05, 0) is 80.8 Å². The summed E-state index contributed by atoms with van der Waals surface area (Å²) >= 11 is 0. The predicted molar refractivity (Wildman–Crippen MR) is 134 cm³/mol. The lowest BCUT2D eigenvalue weighted by molar-refractivity contribution is -0.127. The second kappa shape index (κ2) is 10.1. The predicted octanol–water partition coefficient (Wildman–Crippen LogP) is 5.62. The first kappa shape index (κ1) is 22.9. The Balaban J connectivity index is 1.22. The first-order chi connectivity index (χ1) is 16.6. The van der Waals surface area contributed by atoms with Crippen LogP contribution in [0.4, 0.5) is 0 Å². The van der Waals surface area contributed by atoms with Crippen molar-refractivity contribution in [3.63, 3.8) is 0 Å². The second-order valence-electron chi connectivity index (χ2n) is 9.80. The molecule has 0 saturated carbocycles. The first-order valence-electron chi connectivity index (χ1n) is 12.8. The van der Waals surface area contributed by atoms with Crippen LogP contribution in [0.3, 0.4) is 0 Å². The number of nitrogens with zero attached hydrogens (tertiary/aromatic N) is 2. The number of aryl methyl sites for hydroxylation is 3. The largest absolute Gasteiger partial charge is 0.441 e. The van der Waals surface area contributed by atoms with Crippen LogP contribution in [0.1, 0.15) is 66.8 Å². The van der Waals surface area contributed by atoms with Gasteiger partial charge in [0.2, 0.25) is 11.8 Å². The standard InChI is InChI=1S/C29H35N3O2/c1-3-21-13-15-23(16-14-21)29-31-27(20(2)34-29)19-32-17-7-10-24(18-32)28(33)30-26-12-6-9-22-8-4-5-11-25(22)26/h4-5,8,11,13-16,24,26H,3,6-7,9-10,12,17-19H2,1-2H3,(H,30,33). The van der Waals surface area contributed by atoms with Crippen molar-refractivity contribution in [1.82, 2.24) is 15.2 Å². The molecule has 2 heterocycles. The van der Waals surface area contributed by atoms with Crippen molar-refractivity contribution in [3.05, 3.63) is 76.7 Å². The van der Waals surface area contributed by atoms with Gasteiger partial charge in [0.1, 0.15) is 5.76 Å². The number of likely N-dealkylation sites (tertiary alicyclic amines) is 1. The van der Waals surface area contributed by atoms with Crippen molar-refractivity contribution in [2.75, 3.05) is 13.1 Å². The van der Waals surface area contributed by atoms with Crippen molar-refractivity contribution in [3.8, 4) is 11.5 Å². The van der Waals surface area contributed by atoms with E-state index in [1.165, 1.54) is 16.7 Å². The van der Waals surface area contributed by atoms with E-state index in [0.717, 1.165) is 75.2 Å². The summed E-state index contributed by atoms with van der Waals surface area (Å²) in [6.07, 6.45) is 6.27. The second-order valence-corrected chi connectivity index (χ2v) is 9.80. The van der Waals surface area contributed by atoms with Crippen molar-refractivity contribution in [1.29, 1.82) is 0 Å². The maximum Gasteiger partial charge on any atom is 0.226 e. The zero-order valence-corrected chi connectivity index (χ0v) is 20.3. The van der Waals surface area contributed by atoms with Gasteiger partial charge in [-0.25, -0.2) is 4.98 Å². The van der Waals surface area contributed by atoms with Crippen LogP contribution >= 0.6 is 0 Å². The Morgan fingerprint density at radius 2 is 1.94 bits per heavy atom. The molecule has 1 aliphatic carbocycles. The molecule has 1 N–H and O–H groups in total. The van der Waals surface area contributed by atoms with Crippen LogP contribution in [0.15, 0.2) is 52.9 Å². The number of rotatable bonds is 6. The molecule has 5 rings (SSSR count). The molecule has 2 atom stereocenters. The highest BCUT2D eigenvalue weighted by Gasteiger charge is 2.29. The van der Waals surface area contributed by atoms with Gasteiger partial charge in [0, 0.05) is 18.7 Å². The molecule has 3 aromatic rings. The maximum absolute atomic E-state index is 13.2. The number of aromatic nitrogens is 1. The van der Waals surface area contributed by atoms with Crippen molar-refractivity contribution in [2.45, 2.75) is 65.0 Å². The maximum atomic E-state index is 13.2. The summed E-state index contributed by atoms with van der Waals surface area (Å²) in [6, 6.07) is 17.1. The lowest BCUT2D eigenvalue weighted by Gasteiger charge is -2.33. The van der Waals surface area contributed by atoms with Crippen molar-refractivity contribution in [2.24, 2.45) is 5.92 Å². The Hall–Kier alpha value is -2.92. The van der Waals surface area contributed by atoms with Crippen molar-refractivity contribution < 1.29 is 9.21 Å². The van der Waals surface area contributed by atoms with Gasteiger partial charge in [-0.3, -0.25) is 9.69 Å². The van der Waals surface area contributed by atoms with Gasteiger partial charge in [-0.1, -0.05) is 43.3 Å². The summed E-state index contributed by atoms with van der Waals surface area (Å²) in [5.74, 6) is 1.76. The number of carbonyl (C=O) groups is 1. The van der Waals surface area contributed by atoms with Gasteiger partial charge in [0.15, 0.2) is 0 Å². The van der Waals surface area contributed by atoms with E-state index in [0.29, 0.717) is 5.89 Å². The molecule has 1 fully saturated rings. The molecule has 1 aliphatic heterocycles. The highest BCUT2D eigenvalue weighted by Crippen LogP contribution is 2.30. The first-order valence-corrected chi connectivity index (χ1v) is 12.8. The summed E-state index contributed by atoms with van der Waals surface area (Å²) in [6.45, 7) is 6.62. The molecular weight excluding hydrogens is 422 g/mol. The summed E-state index contributed by atoms with van der Waals surface area (Å²) in [7, 11) is 0. The number of nitrogens with one attached hydrogen (secondary N) is 1. The van der Waals surface area contributed by atoms with E-state index in [-0.39, 0.29) is 17.9 Å². The van der Waals surface area contributed by atoms with Crippen LogP contribution < -0.4 is 5.32 Å². The number of hydrogen-bond acceptors (Lipinski definition) is 4. The molecule has 2 aliphatic rings. The van der Waals surface area contributed by atoms with Crippen LogP contribution in [-0.2, 0) is 24.2 Å². The van der Waals surface area contributed by atoms with Crippen LogP contribution in [0.25, 0.3) is 11.5 Å². The van der Waals surface area contributed by atoms with E-state index in [1.54, 1.807) is 0 Å². The molecule has 1 aromatic heterocycles. The lowest BCUT2D eigenvalue weighted by Crippen LogP contribution is -2.44. The fourth-order valence-electron chi connectivity index (χ4n) is 5.40. The Labute approximate surface area is 202 Å². The number of piperidine rings is 1. The van der Waals surface area contributed by atoms with Gasteiger partial charge >= 0.3 is 0 Å². The van der Waals surface area contributed by atoms with Gasteiger partial charge in [-0.15, -0.1) is 0 Å². The molecule has 2 unspecified atom stereocenters. The van der Waals surface area contributed by atoms with Gasteiger partial charge in [0.05, 0.1) is 17.7 Å². The lowest BCUT2D eigenvalue weighted by atomic mass is 9.87. The van der Waals surface area contributed by atoms with E-state index < -0.39 is 0 Å². The fraction of sp³-hybridized carbons (Fsp3) is 0.448. The topological polar surface area (TPSA) is 58.4 Å². The normalized spacial score (nSPS) is 20.6. The number of fused-ring (bicyclic) bond motifs is 1. The summed E-state index contributed by atoms with van der Waals surface area (Å²) in [4.78, 5) is 20.4. The minimum atomic E-state index is 0.0242. The number of amides is 1. The van der Waals surface area contributed by atoms with Crippen LogP contribution in [0.5, 0.6) is 0 Å². The Kier molecular flexibility index (Phi) is 6.82. The molecule has 1 amide bonds. The molecule has 0 radical (unpaired) electrons. The Morgan fingerprint density at radius 3 is 2.76 bits per heavy atom. The average molecular weight is 458 g/mol. The minimum Gasteiger partial charge on any atom is -0.441 e. The SMILES string of the molecule is CCc1ccc(-c2nc(CN3CCCC(C(=O)NC4CCCc5ccccc54)C3)c(C)o2)cc1. The van der Waals surface area contributed by atoms with Crippen LogP contribution in [0.2, 0.25) is 0 Å². The highest BCUT2D eigenvalue weighted by molar-refractivity contribution is 5.79. The quantitative estimate of drug-likeness (QED) is 0.522. The van der Waals surface area contributed by atoms with E-state index in [4.69, 9.17) is 9.40 Å². The smallest absolute Gasteiger partial charge is 0.226 e. The molecule has 2 aromatic carbocycles. The molecule has 34 heavy (non-hydrogen) atoms. The fourth-order valence-corrected chi connectivity index (χ4v) is 5.40. The molecular formula is C29H35N3O2. The van der Waals surface area contributed by atoms with Gasteiger partial charge in [0.25, 0.3) is 0 Å². The van der Waals surface area contributed by atoms with Crippen LogP contribution in [0, 0.1) is 12.8 Å². The Morgan fingerprint density at radius 1 is 1.12 bits per heavy atom. The van der Waals surface area contributed by atoms with E-state index in [9.17, 15) is 4.79 Å². The van der Waals surface area contributed by atoms with Crippen LogP contribution in [-0.4, -0.2) is 28.9 Å². The van der Waals surface area contributed by atoms with E-state index in [2.05, 4.69) is 65.7 Å². The molecule has 0 spiro atoms. The summed E-state index contributed by atoms with van der Waals surface area (Å²) in [5.41, 5.74) is 5.96. The van der Waals surface area contributed by atoms with Gasteiger partial charge in [-0.2, -0.15) is 0 Å². The zero-order chi connectivity index (χ0) is 23.5. The number of benzene rings is 2. The molecule has 1 saturated heterocycles. The zero-order valence-electron chi connectivity index (χ0n) is 20.3. The molecule has 5 nitrogen and oxygen atoms in total. The highest BCUT2D eigenvalue weighted by atomic mass is 16.4. The number of hydrogen-bond donors (Lipinski definition) is 1. The summed E-state index contributed by atoms with van der Waals surface area (Å²) in [5, 5.41) is 3.38. The third-order valence-electron chi connectivity index (χ3n) is 7.44. The van der Waals surface area contributed by atoms with E-state index >= 15 is 0 Å². The molecule has 0 bridgehead atoms. The molecule has 5 heteroatoms. The number of carbonyl (C=O) groups excluding carboxylic acids is 1. The Bertz CT molecular complexity index is 1130. The third kappa shape index (κ3) is 4.95. The number of oxazole rings is 1.